The standard InChI is InChI=1S/C27H29N3O3S/c1-29(2)26-11-5-10-24-23(26)9-6-12-27(24)34(31,32)28-25-14-13-20(19-30-15-17-33-18-16-30)21-7-3-4-8-22(21)25/h3-14,28H,15-19H2,1-2H3. The lowest BCUT2D eigenvalue weighted by Gasteiger charge is -2.27. The van der Waals surface area contributed by atoms with Crippen LogP contribution >= 0.6 is 0 Å². The van der Waals surface area contributed by atoms with Crippen molar-refractivity contribution in [3.05, 3.63) is 78.4 Å². The van der Waals surface area contributed by atoms with Crippen LogP contribution in [0, 0.1) is 0 Å². The van der Waals surface area contributed by atoms with Crippen molar-refractivity contribution in [2.24, 2.45) is 0 Å². The normalized spacial score (nSPS) is 15.0. The predicted molar refractivity (Wildman–Crippen MR) is 139 cm³/mol. The van der Waals surface area contributed by atoms with Crippen LogP contribution in [-0.4, -0.2) is 53.7 Å². The number of sulfonamides is 1. The van der Waals surface area contributed by atoms with E-state index in [0.717, 1.165) is 54.7 Å². The van der Waals surface area contributed by atoms with Gasteiger partial charge >= 0.3 is 0 Å². The Labute approximate surface area is 200 Å². The molecule has 7 heteroatoms. The van der Waals surface area contributed by atoms with Gasteiger partial charge in [0.1, 0.15) is 0 Å². The Morgan fingerprint density at radius 2 is 1.50 bits per heavy atom. The van der Waals surface area contributed by atoms with E-state index in [-0.39, 0.29) is 4.90 Å². The molecule has 0 unspecified atom stereocenters. The number of fused-ring (bicyclic) bond motifs is 2. The Bertz CT molecular complexity index is 1440. The van der Waals surface area contributed by atoms with Crippen LogP contribution in [0.15, 0.2) is 77.7 Å². The Morgan fingerprint density at radius 3 is 2.26 bits per heavy atom. The first-order valence-corrected chi connectivity index (χ1v) is 12.9. The SMILES string of the molecule is CN(C)c1cccc2c(S(=O)(=O)Nc3ccc(CN4CCOCC4)c4ccccc34)cccc12. The molecule has 5 rings (SSSR count). The van der Waals surface area contributed by atoms with Gasteiger partial charge in [0.2, 0.25) is 0 Å². The minimum Gasteiger partial charge on any atom is -0.379 e. The highest BCUT2D eigenvalue weighted by atomic mass is 32.2. The molecule has 4 aromatic carbocycles. The average Bonchev–Trinajstić information content (AvgIpc) is 2.85. The summed E-state index contributed by atoms with van der Waals surface area (Å²) >= 11 is 0. The number of anilines is 2. The van der Waals surface area contributed by atoms with Gasteiger partial charge in [-0.15, -0.1) is 0 Å². The van der Waals surface area contributed by atoms with Crippen molar-refractivity contribution in [3.63, 3.8) is 0 Å². The summed E-state index contributed by atoms with van der Waals surface area (Å²) in [5, 5.41) is 3.56. The van der Waals surface area contributed by atoms with Crippen molar-refractivity contribution in [2.75, 3.05) is 50.0 Å². The van der Waals surface area contributed by atoms with Gasteiger partial charge in [-0.25, -0.2) is 8.42 Å². The second kappa shape index (κ2) is 9.25. The molecule has 1 aliphatic rings. The van der Waals surface area contributed by atoms with Crippen molar-refractivity contribution in [1.82, 2.24) is 4.90 Å². The molecule has 0 spiro atoms. The van der Waals surface area contributed by atoms with Crippen LogP contribution in [0.4, 0.5) is 11.4 Å². The van der Waals surface area contributed by atoms with Gasteiger partial charge in [0.15, 0.2) is 0 Å². The lowest BCUT2D eigenvalue weighted by atomic mass is 10.0. The third-order valence-electron chi connectivity index (χ3n) is 6.39. The van der Waals surface area contributed by atoms with Gasteiger partial charge in [-0.3, -0.25) is 9.62 Å². The fourth-order valence-electron chi connectivity index (χ4n) is 4.68. The molecule has 1 heterocycles. The summed E-state index contributed by atoms with van der Waals surface area (Å²) < 4.78 is 35.5. The smallest absolute Gasteiger partial charge is 0.262 e. The molecule has 34 heavy (non-hydrogen) atoms. The molecule has 1 aliphatic heterocycles. The molecular weight excluding hydrogens is 446 g/mol. The third-order valence-corrected chi connectivity index (χ3v) is 7.81. The van der Waals surface area contributed by atoms with E-state index in [0.29, 0.717) is 11.1 Å². The summed E-state index contributed by atoms with van der Waals surface area (Å²) in [6, 6.07) is 23.1. The van der Waals surface area contributed by atoms with E-state index >= 15 is 0 Å². The highest BCUT2D eigenvalue weighted by molar-refractivity contribution is 7.93. The summed E-state index contributed by atoms with van der Waals surface area (Å²) in [5.74, 6) is 0. The maximum atomic E-state index is 13.6. The number of ether oxygens (including phenoxy) is 1. The van der Waals surface area contributed by atoms with Gasteiger partial charge in [0.25, 0.3) is 10.0 Å². The van der Waals surface area contributed by atoms with Crippen LogP contribution in [0.25, 0.3) is 21.5 Å². The molecule has 0 aromatic heterocycles. The van der Waals surface area contributed by atoms with Crippen LogP contribution in [0.3, 0.4) is 0 Å². The van der Waals surface area contributed by atoms with Crippen molar-refractivity contribution in [1.29, 1.82) is 0 Å². The maximum Gasteiger partial charge on any atom is 0.262 e. The molecule has 4 aromatic rings. The largest absolute Gasteiger partial charge is 0.379 e. The van der Waals surface area contributed by atoms with E-state index in [2.05, 4.69) is 15.7 Å². The van der Waals surface area contributed by atoms with E-state index in [4.69, 9.17) is 4.74 Å². The number of hydrogen-bond donors (Lipinski definition) is 1. The van der Waals surface area contributed by atoms with E-state index in [1.54, 1.807) is 12.1 Å². The topological polar surface area (TPSA) is 61.9 Å². The van der Waals surface area contributed by atoms with Crippen molar-refractivity contribution >= 4 is 42.9 Å². The lowest BCUT2D eigenvalue weighted by Crippen LogP contribution is -2.35. The monoisotopic (exact) mass is 475 g/mol. The minimum atomic E-state index is -3.81. The molecular formula is C27H29N3O3S. The molecule has 0 bridgehead atoms. The number of rotatable bonds is 6. The van der Waals surface area contributed by atoms with Gasteiger partial charge in [-0.2, -0.15) is 0 Å². The molecule has 0 amide bonds. The van der Waals surface area contributed by atoms with Crippen LogP contribution < -0.4 is 9.62 Å². The Hall–Kier alpha value is -3.13. The van der Waals surface area contributed by atoms with Crippen molar-refractivity contribution < 1.29 is 13.2 Å². The molecule has 0 radical (unpaired) electrons. The van der Waals surface area contributed by atoms with Gasteiger partial charge in [-0.1, -0.05) is 54.6 Å². The van der Waals surface area contributed by atoms with Crippen LogP contribution in [0.1, 0.15) is 5.56 Å². The highest BCUT2D eigenvalue weighted by Gasteiger charge is 2.21. The number of morpholine rings is 1. The summed E-state index contributed by atoms with van der Waals surface area (Å²) in [5.41, 5.74) is 2.75. The van der Waals surface area contributed by atoms with Gasteiger partial charge in [-0.05, 0) is 29.1 Å². The fraction of sp³-hybridized carbons (Fsp3) is 0.259. The Morgan fingerprint density at radius 1 is 0.824 bits per heavy atom. The quantitative estimate of drug-likeness (QED) is 0.438. The second-order valence-corrected chi connectivity index (χ2v) is 10.5. The number of benzene rings is 4. The van der Waals surface area contributed by atoms with Crippen LogP contribution in [0.5, 0.6) is 0 Å². The molecule has 1 saturated heterocycles. The summed E-state index contributed by atoms with van der Waals surface area (Å²) in [4.78, 5) is 4.63. The minimum absolute atomic E-state index is 0.273. The van der Waals surface area contributed by atoms with Gasteiger partial charge in [0, 0.05) is 55.6 Å². The van der Waals surface area contributed by atoms with Crippen LogP contribution in [-0.2, 0) is 21.3 Å². The molecule has 176 valence electrons. The third kappa shape index (κ3) is 4.34. The van der Waals surface area contributed by atoms with E-state index in [1.807, 2.05) is 73.6 Å². The first-order chi connectivity index (χ1) is 16.4. The summed E-state index contributed by atoms with van der Waals surface area (Å²) in [7, 11) is 0.105. The lowest BCUT2D eigenvalue weighted by molar-refractivity contribution is 0.0344. The Balaban J connectivity index is 1.53. The molecule has 6 nitrogen and oxygen atoms in total. The number of hydrogen-bond acceptors (Lipinski definition) is 5. The number of nitrogens with zero attached hydrogens (tertiary/aromatic N) is 2. The summed E-state index contributed by atoms with van der Waals surface area (Å²) in [6.45, 7) is 4.11. The zero-order chi connectivity index (χ0) is 23.7. The predicted octanol–water partition coefficient (Wildman–Crippen LogP) is 4.69. The molecule has 0 saturated carbocycles. The van der Waals surface area contributed by atoms with Gasteiger partial charge < -0.3 is 9.64 Å². The molecule has 0 atom stereocenters. The second-order valence-electron chi connectivity index (χ2n) is 8.83. The molecule has 0 aliphatic carbocycles. The Kier molecular flexibility index (Phi) is 6.16. The van der Waals surface area contributed by atoms with Crippen molar-refractivity contribution in [2.45, 2.75) is 11.4 Å². The summed E-state index contributed by atoms with van der Waals surface area (Å²) in [6.07, 6.45) is 0. The first kappa shape index (κ1) is 22.7. The zero-order valence-electron chi connectivity index (χ0n) is 19.5. The van der Waals surface area contributed by atoms with E-state index in [9.17, 15) is 8.42 Å². The van der Waals surface area contributed by atoms with Crippen molar-refractivity contribution in [3.8, 4) is 0 Å². The average molecular weight is 476 g/mol. The number of nitrogens with one attached hydrogen (secondary N) is 1. The fourth-order valence-corrected chi connectivity index (χ4v) is 5.98. The maximum absolute atomic E-state index is 13.6. The first-order valence-electron chi connectivity index (χ1n) is 11.5. The van der Waals surface area contributed by atoms with E-state index in [1.165, 1.54) is 5.56 Å². The molecule has 1 fully saturated rings. The highest BCUT2D eigenvalue weighted by Crippen LogP contribution is 2.33. The van der Waals surface area contributed by atoms with Crippen LogP contribution in [0.2, 0.25) is 0 Å². The van der Waals surface area contributed by atoms with Gasteiger partial charge in [0.05, 0.1) is 23.8 Å². The molecule has 1 N–H and O–H groups in total. The van der Waals surface area contributed by atoms with E-state index < -0.39 is 10.0 Å². The zero-order valence-corrected chi connectivity index (χ0v) is 20.3.